The Morgan fingerprint density at radius 2 is 1.91 bits per heavy atom. The van der Waals surface area contributed by atoms with E-state index < -0.39 is 10.0 Å². The Hall–Kier alpha value is -2.59. The van der Waals surface area contributed by atoms with E-state index in [-0.39, 0.29) is 17.0 Å². The summed E-state index contributed by atoms with van der Waals surface area (Å²) < 4.78 is 38.7. The zero-order chi connectivity index (χ0) is 22.3. The molecule has 0 saturated carbocycles. The summed E-state index contributed by atoms with van der Waals surface area (Å²) in [6, 6.07) is 16.5. The highest BCUT2D eigenvalue weighted by molar-refractivity contribution is 7.99. The normalized spacial score (nSPS) is 14.4. The predicted molar refractivity (Wildman–Crippen MR) is 122 cm³/mol. The molecular formula is C22H18ClN3O4S2. The lowest BCUT2D eigenvalue weighted by Gasteiger charge is -2.28. The van der Waals surface area contributed by atoms with Gasteiger partial charge in [-0.05, 0) is 70.3 Å². The molecule has 0 atom stereocenters. The number of ether oxygens (including phenoxy) is 1. The lowest BCUT2D eigenvalue weighted by atomic mass is 10.0. The molecule has 0 spiro atoms. The fourth-order valence-corrected chi connectivity index (χ4v) is 6.42. The summed E-state index contributed by atoms with van der Waals surface area (Å²) >= 11 is 7.55. The van der Waals surface area contributed by atoms with Crippen molar-refractivity contribution in [2.75, 3.05) is 13.7 Å². The first-order valence-electron chi connectivity index (χ1n) is 9.80. The molecule has 0 amide bonds. The van der Waals surface area contributed by atoms with E-state index in [4.69, 9.17) is 21.0 Å². The van der Waals surface area contributed by atoms with Crippen molar-refractivity contribution >= 4 is 44.4 Å². The van der Waals surface area contributed by atoms with E-state index in [9.17, 15) is 8.42 Å². The second-order valence-electron chi connectivity index (χ2n) is 7.31. The van der Waals surface area contributed by atoms with E-state index in [2.05, 4.69) is 10.3 Å². The highest BCUT2D eigenvalue weighted by Gasteiger charge is 2.31. The first kappa shape index (κ1) is 21.3. The second kappa shape index (κ2) is 8.40. The molecule has 32 heavy (non-hydrogen) atoms. The predicted octanol–water partition coefficient (Wildman–Crippen LogP) is 4.78. The van der Waals surface area contributed by atoms with Gasteiger partial charge in [-0.3, -0.25) is 0 Å². The minimum Gasteiger partial charge on any atom is -0.497 e. The Labute approximate surface area is 194 Å². The van der Waals surface area contributed by atoms with Crippen molar-refractivity contribution in [1.82, 2.24) is 14.6 Å². The van der Waals surface area contributed by atoms with Gasteiger partial charge in [0.1, 0.15) is 10.6 Å². The lowest BCUT2D eigenvalue weighted by molar-refractivity contribution is 0.314. The van der Waals surface area contributed by atoms with Gasteiger partial charge in [-0.2, -0.15) is 4.31 Å². The highest BCUT2D eigenvalue weighted by Crippen LogP contribution is 2.37. The number of hydrogen-bond acceptors (Lipinski definition) is 7. The maximum Gasteiger partial charge on any atom is 0.245 e. The van der Waals surface area contributed by atoms with E-state index in [0.717, 1.165) is 26.7 Å². The molecule has 1 aliphatic heterocycles. The topological polar surface area (TPSA) is 85.5 Å². The van der Waals surface area contributed by atoms with E-state index in [1.807, 2.05) is 42.5 Å². The average molecular weight is 488 g/mol. The van der Waals surface area contributed by atoms with Crippen molar-refractivity contribution in [3.05, 3.63) is 70.7 Å². The largest absolute Gasteiger partial charge is 0.497 e. The third-order valence-corrected chi connectivity index (χ3v) is 8.52. The summed E-state index contributed by atoms with van der Waals surface area (Å²) in [6.07, 6.45) is 0.621. The van der Waals surface area contributed by atoms with Crippen molar-refractivity contribution in [3.63, 3.8) is 0 Å². The average Bonchev–Trinajstić information content (AvgIpc) is 3.29. The highest BCUT2D eigenvalue weighted by atomic mass is 35.5. The van der Waals surface area contributed by atoms with Gasteiger partial charge in [-0.1, -0.05) is 35.5 Å². The standard InChI is InChI=1S/C22H18ClN3O4S2/c1-29-17-3-2-4-18(12-17)31-19-7-8-20(22-21(19)24-30-25-22)32(27,28)26-10-9-14-5-6-16(23)11-15(14)13-26/h2-8,11-12H,9-10,13H2,1H3. The van der Waals surface area contributed by atoms with Crippen molar-refractivity contribution in [2.45, 2.75) is 27.7 Å². The maximum atomic E-state index is 13.5. The van der Waals surface area contributed by atoms with Gasteiger partial charge >= 0.3 is 0 Å². The van der Waals surface area contributed by atoms with Crippen LogP contribution in [0.25, 0.3) is 11.0 Å². The third-order valence-electron chi connectivity index (χ3n) is 5.37. The Morgan fingerprint density at radius 3 is 2.75 bits per heavy atom. The zero-order valence-electron chi connectivity index (χ0n) is 17.0. The van der Waals surface area contributed by atoms with Gasteiger partial charge in [0, 0.05) is 27.9 Å². The van der Waals surface area contributed by atoms with Crippen LogP contribution in [0.5, 0.6) is 5.75 Å². The minimum absolute atomic E-state index is 0.0780. The molecule has 164 valence electrons. The molecule has 7 nitrogen and oxygen atoms in total. The molecule has 4 aromatic rings. The molecule has 2 heterocycles. The number of rotatable bonds is 5. The van der Waals surface area contributed by atoms with Crippen LogP contribution in [0.3, 0.4) is 0 Å². The van der Waals surface area contributed by atoms with E-state index in [0.29, 0.717) is 23.5 Å². The lowest BCUT2D eigenvalue weighted by Crippen LogP contribution is -2.36. The monoisotopic (exact) mass is 487 g/mol. The van der Waals surface area contributed by atoms with Gasteiger partial charge in [-0.25, -0.2) is 13.0 Å². The second-order valence-corrected chi connectivity index (χ2v) is 10.8. The van der Waals surface area contributed by atoms with Crippen LogP contribution >= 0.6 is 23.4 Å². The molecule has 10 heteroatoms. The number of aromatic nitrogens is 2. The number of sulfonamides is 1. The van der Waals surface area contributed by atoms with Gasteiger partial charge in [0.05, 0.1) is 7.11 Å². The molecule has 3 aromatic carbocycles. The van der Waals surface area contributed by atoms with Crippen LogP contribution in [-0.2, 0) is 23.0 Å². The first-order chi connectivity index (χ1) is 15.5. The number of nitrogens with zero attached hydrogens (tertiary/aromatic N) is 3. The molecule has 0 fully saturated rings. The number of benzene rings is 3. The Kier molecular flexibility index (Phi) is 5.58. The maximum absolute atomic E-state index is 13.5. The molecular weight excluding hydrogens is 470 g/mol. The number of halogens is 1. The van der Waals surface area contributed by atoms with Crippen LogP contribution in [0.1, 0.15) is 11.1 Å². The van der Waals surface area contributed by atoms with E-state index >= 15 is 0 Å². The fourth-order valence-electron chi connectivity index (χ4n) is 3.75. The Morgan fingerprint density at radius 1 is 1.06 bits per heavy atom. The van der Waals surface area contributed by atoms with Gasteiger partial charge in [-0.15, -0.1) is 0 Å². The summed E-state index contributed by atoms with van der Waals surface area (Å²) in [4.78, 5) is 1.74. The summed E-state index contributed by atoms with van der Waals surface area (Å²) in [5.41, 5.74) is 2.64. The van der Waals surface area contributed by atoms with Crippen LogP contribution in [0, 0.1) is 0 Å². The molecule has 5 rings (SSSR count). The van der Waals surface area contributed by atoms with Crippen molar-refractivity contribution in [2.24, 2.45) is 0 Å². The van der Waals surface area contributed by atoms with Crippen molar-refractivity contribution in [1.29, 1.82) is 0 Å². The molecule has 1 aromatic heterocycles. The Bertz CT molecular complexity index is 1420. The third kappa shape index (κ3) is 3.86. The van der Waals surface area contributed by atoms with Crippen LogP contribution in [-0.4, -0.2) is 36.7 Å². The summed E-state index contributed by atoms with van der Waals surface area (Å²) in [6.45, 7) is 0.634. The SMILES string of the molecule is COc1cccc(Sc2ccc(S(=O)(=O)N3CCc4ccc(Cl)cc4C3)c3nonc23)c1. The van der Waals surface area contributed by atoms with Crippen molar-refractivity contribution < 1.29 is 17.8 Å². The molecule has 1 aliphatic rings. The minimum atomic E-state index is -3.82. The number of methoxy groups -OCH3 is 1. The molecule has 0 saturated heterocycles. The van der Waals surface area contributed by atoms with E-state index in [1.165, 1.54) is 16.1 Å². The number of hydrogen-bond donors (Lipinski definition) is 0. The molecule has 0 N–H and O–H groups in total. The molecule has 0 bridgehead atoms. The van der Waals surface area contributed by atoms with Crippen LogP contribution < -0.4 is 4.74 Å². The van der Waals surface area contributed by atoms with Gasteiger partial charge < -0.3 is 4.74 Å². The summed E-state index contributed by atoms with van der Waals surface area (Å²) in [5.74, 6) is 0.731. The van der Waals surface area contributed by atoms with Crippen LogP contribution in [0.15, 0.2) is 73.9 Å². The summed E-state index contributed by atoms with van der Waals surface area (Å²) in [5, 5.41) is 8.50. The Balaban J connectivity index is 1.50. The molecule has 0 unspecified atom stereocenters. The fraction of sp³-hybridized carbons (Fsp3) is 0.182. The zero-order valence-corrected chi connectivity index (χ0v) is 19.4. The smallest absolute Gasteiger partial charge is 0.245 e. The van der Waals surface area contributed by atoms with Gasteiger partial charge in [0.25, 0.3) is 0 Å². The van der Waals surface area contributed by atoms with Gasteiger partial charge in [0.2, 0.25) is 10.0 Å². The van der Waals surface area contributed by atoms with Crippen LogP contribution in [0.2, 0.25) is 5.02 Å². The quantitative estimate of drug-likeness (QED) is 0.400. The number of fused-ring (bicyclic) bond motifs is 2. The molecule has 0 aliphatic carbocycles. The first-order valence-corrected chi connectivity index (χ1v) is 12.4. The van der Waals surface area contributed by atoms with Gasteiger partial charge in [0.15, 0.2) is 11.0 Å². The molecule has 0 radical (unpaired) electrons. The summed E-state index contributed by atoms with van der Waals surface area (Å²) in [7, 11) is -2.21. The van der Waals surface area contributed by atoms with Crippen LogP contribution in [0.4, 0.5) is 0 Å². The van der Waals surface area contributed by atoms with E-state index in [1.54, 1.807) is 19.2 Å². The van der Waals surface area contributed by atoms with Crippen molar-refractivity contribution in [3.8, 4) is 5.75 Å².